The number of thiophene rings is 1. The van der Waals surface area contributed by atoms with Gasteiger partial charge in [-0.3, -0.25) is 9.69 Å². The minimum atomic E-state index is 0.0331. The highest BCUT2D eigenvalue weighted by molar-refractivity contribution is 7.19. The molecule has 174 valence electrons. The lowest BCUT2D eigenvalue weighted by molar-refractivity contribution is -0.105. The first-order valence-electron chi connectivity index (χ1n) is 11.0. The molecule has 5 rings (SSSR count). The van der Waals surface area contributed by atoms with Crippen molar-refractivity contribution in [2.75, 3.05) is 25.0 Å². The highest BCUT2D eigenvalue weighted by atomic mass is 35.5. The number of nitrogens with one attached hydrogen (secondary N) is 2. The fraction of sp³-hybridized carbons (Fsp3) is 0.250. The van der Waals surface area contributed by atoms with Crippen LogP contribution in [0.25, 0.3) is 21.1 Å². The van der Waals surface area contributed by atoms with Gasteiger partial charge in [0.2, 0.25) is 6.41 Å². The van der Waals surface area contributed by atoms with E-state index in [4.69, 9.17) is 17.3 Å². The number of halogens is 1. The number of hydrogen-bond acceptors (Lipinski definition) is 7. The Hall–Kier alpha value is -3.11. The van der Waals surface area contributed by atoms with Crippen LogP contribution >= 0.6 is 22.9 Å². The summed E-state index contributed by atoms with van der Waals surface area (Å²) in [7, 11) is 0. The Balaban J connectivity index is 1.60. The molecule has 3 aromatic heterocycles. The highest BCUT2D eigenvalue weighted by Crippen LogP contribution is 2.45. The number of benzene rings is 1. The number of aromatic nitrogens is 4. The predicted octanol–water partition coefficient (Wildman–Crippen LogP) is 4.19. The molecule has 10 heteroatoms. The summed E-state index contributed by atoms with van der Waals surface area (Å²) in [6, 6.07) is 14.1. The number of carbonyl (C=O) groups excluding carboxylic acids is 1. The summed E-state index contributed by atoms with van der Waals surface area (Å²) in [4.78, 5) is 22.8. The second-order valence-electron chi connectivity index (χ2n) is 8.28. The number of rotatable bonds is 9. The van der Waals surface area contributed by atoms with E-state index >= 15 is 0 Å². The minimum Gasteiger partial charge on any atom is -0.330 e. The number of H-pyrrole nitrogens is 1. The van der Waals surface area contributed by atoms with Crippen LogP contribution in [-0.4, -0.2) is 51.1 Å². The molecular weight excluding hydrogens is 470 g/mol. The molecule has 1 aliphatic heterocycles. The lowest BCUT2D eigenvalue weighted by atomic mass is 9.88. The van der Waals surface area contributed by atoms with Crippen LogP contribution in [0.3, 0.4) is 0 Å². The van der Waals surface area contributed by atoms with E-state index in [9.17, 15) is 4.79 Å². The summed E-state index contributed by atoms with van der Waals surface area (Å²) in [5.74, 6) is 1.83. The molecule has 4 heterocycles. The third-order valence-corrected chi connectivity index (χ3v) is 7.51. The zero-order valence-corrected chi connectivity index (χ0v) is 19.9. The van der Waals surface area contributed by atoms with Gasteiger partial charge in [0.25, 0.3) is 0 Å². The number of nitrogens with two attached hydrogens (primary N) is 1. The summed E-state index contributed by atoms with van der Waals surface area (Å²) in [5.41, 5.74) is 9.09. The molecule has 0 radical (unpaired) electrons. The van der Waals surface area contributed by atoms with Crippen molar-refractivity contribution in [3.05, 3.63) is 71.1 Å². The van der Waals surface area contributed by atoms with Crippen LogP contribution in [0.2, 0.25) is 5.02 Å². The average molecular weight is 494 g/mol. The Morgan fingerprint density at radius 2 is 2.09 bits per heavy atom. The van der Waals surface area contributed by atoms with Crippen molar-refractivity contribution in [3.63, 3.8) is 0 Å². The molecule has 0 spiro atoms. The zero-order chi connectivity index (χ0) is 23.5. The minimum absolute atomic E-state index is 0.0331. The molecule has 1 amide bonds. The number of hydrogen-bond donors (Lipinski definition) is 3. The fourth-order valence-electron chi connectivity index (χ4n) is 4.45. The monoisotopic (exact) mass is 493 g/mol. The van der Waals surface area contributed by atoms with Gasteiger partial charge in [0.1, 0.15) is 12.1 Å². The summed E-state index contributed by atoms with van der Waals surface area (Å²) in [6.07, 6.45) is 4.94. The average Bonchev–Trinajstić information content (AvgIpc) is 3.49. The summed E-state index contributed by atoms with van der Waals surface area (Å²) in [5, 5.41) is 11.7. The molecule has 0 aliphatic carbocycles. The van der Waals surface area contributed by atoms with Crippen molar-refractivity contribution >= 4 is 35.2 Å². The molecule has 34 heavy (non-hydrogen) atoms. The standard InChI is InChI=1S/C24H24ClN7OS/c25-18-3-1-16(2-4-18)22(32-11-15(12-32)5-7-26)19-10-20(34-23(19)24-28-13-30-31-24)17-6-8-27-21(9-17)29-14-33/h1-4,6,8-10,13-15,22H,5,7,11-12,26H2,(H,27,29,33)(H,28,30,31). The van der Waals surface area contributed by atoms with E-state index in [0.717, 1.165) is 46.2 Å². The van der Waals surface area contributed by atoms with Crippen LogP contribution in [0.15, 0.2) is 55.0 Å². The molecule has 1 unspecified atom stereocenters. The third kappa shape index (κ3) is 4.60. The van der Waals surface area contributed by atoms with E-state index in [0.29, 0.717) is 29.7 Å². The number of pyridine rings is 1. The van der Waals surface area contributed by atoms with Gasteiger partial charge in [0, 0.05) is 29.2 Å². The molecule has 0 saturated carbocycles. The van der Waals surface area contributed by atoms with Crippen LogP contribution in [0.1, 0.15) is 23.6 Å². The predicted molar refractivity (Wildman–Crippen MR) is 135 cm³/mol. The third-order valence-electron chi connectivity index (χ3n) is 6.05. The van der Waals surface area contributed by atoms with Crippen molar-refractivity contribution in [1.29, 1.82) is 0 Å². The van der Waals surface area contributed by atoms with Crippen LogP contribution in [0, 0.1) is 5.92 Å². The summed E-state index contributed by atoms with van der Waals surface area (Å²) < 4.78 is 0. The molecule has 1 aliphatic rings. The maximum absolute atomic E-state index is 10.9. The van der Waals surface area contributed by atoms with Gasteiger partial charge >= 0.3 is 0 Å². The van der Waals surface area contributed by atoms with E-state index in [1.807, 2.05) is 24.3 Å². The Kier molecular flexibility index (Phi) is 6.68. The van der Waals surface area contributed by atoms with Crippen LogP contribution in [0.5, 0.6) is 0 Å². The normalized spacial score (nSPS) is 15.1. The summed E-state index contributed by atoms with van der Waals surface area (Å²) in [6.45, 7) is 2.66. The number of nitrogens with zero attached hydrogens (tertiary/aromatic N) is 4. The molecule has 4 aromatic rings. The van der Waals surface area contributed by atoms with Gasteiger partial charge in [-0.05, 0) is 65.9 Å². The second kappa shape index (κ2) is 10.0. The first-order chi connectivity index (χ1) is 16.7. The van der Waals surface area contributed by atoms with Crippen molar-refractivity contribution in [2.45, 2.75) is 12.5 Å². The van der Waals surface area contributed by atoms with E-state index < -0.39 is 0 Å². The fourth-order valence-corrected chi connectivity index (χ4v) is 5.71. The van der Waals surface area contributed by atoms with Gasteiger partial charge in [-0.1, -0.05) is 23.7 Å². The molecule has 4 N–H and O–H groups in total. The van der Waals surface area contributed by atoms with Crippen molar-refractivity contribution in [1.82, 2.24) is 25.1 Å². The van der Waals surface area contributed by atoms with Gasteiger partial charge < -0.3 is 16.0 Å². The van der Waals surface area contributed by atoms with Gasteiger partial charge in [-0.25, -0.2) is 4.98 Å². The zero-order valence-electron chi connectivity index (χ0n) is 18.3. The number of amides is 1. The van der Waals surface area contributed by atoms with Gasteiger partial charge in [-0.15, -0.1) is 21.5 Å². The topological polar surface area (TPSA) is 113 Å². The van der Waals surface area contributed by atoms with Gasteiger partial charge in [-0.2, -0.15) is 0 Å². The maximum Gasteiger partial charge on any atom is 0.212 e. The highest BCUT2D eigenvalue weighted by Gasteiger charge is 2.36. The Morgan fingerprint density at radius 3 is 2.79 bits per heavy atom. The molecule has 1 aromatic carbocycles. The van der Waals surface area contributed by atoms with Crippen LogP contribution in [0.4, 0.5) is 5.82 Å². The van der Waals surface area contributed by atoms with E-state index in [1.165, 1.54) is 5.56 Å². The molecule has 1 atom stereocenters. The Bertz CT molecular complexity index is 1250. The Labute approximate surface area is 206 Å². The molecule has 1 saturated heterocycles. The molecule has 1 fully saturated rings. The maximum atomic E-state index is 10.9. The first kappa shape index (κ1) is 22.7. The molecular formula is C24H24ClN7OS. The number of likely N-dealkylation sites (tertiary alicyclic amines) is 1. The van der Waals surface area contributed by atoms with E-state index in [2.05, 4.69) is 48.6 Å². The number of anilines is 1. The summed E-state index contributed by atoms with van der Waals surface area (Å²) >= 11 is 7.84. The number of aromatic amines is 1. The van der Waals surface area contributed by atoms with Crippen molar-refractivity contribution in [3.8, 4) is 21.1 Å². The largest absolute Gasteiger partial charge is 0.330 e. The Morgan fingerprint density at radius 1 is 1.26 bits per heavy atom. The second-order valence-corrected chi connectivity index (χ2v) is 9.76. The van der Waals surface area contributed by atoms with Crippen LogP contribution in [-0.2, 0) is 4.79 Å². The SMILES string of the molecule is NCCC1CN(C(c2ccc(Cl)cc2)c2cc(-c3ccnc(NC=O)c3)sc2-c2nnc[nH]2)C1. The molecule has 8 nitrogen and oxygen atoms in total. The molecule has 0 bridgehead atoms. The van der Waals surface area contributed by atoms with Crippen molar-refractivity contribution in [2.24, 2.45) is 11.7 Å². The van der Waals surface area contributed by atoms with Gasteiger partial charge in [0.15, 0.2) is 5.82 Å². The van der Waals surface area contributed by atoms with Crippen molar-refractivity contribution < 1.29 is 4.79 Å². The first-order valence-corrected chi connectivity index (χ1v) is 12.2. The van der Waals surface area contributed by atoms with E-state index in [-0.39, 0.29) is 6.04 Å². The smallest absolute Gasteiger partial charge is 0.212 e. The van der Waals surface area contributed by atoms with E-state index in [1.54, 1.807) is 23.9 Å². The lowest BCUT2D eigenvalue weighted by Gasteiger charge is -2.45. The number of carbonyl (C=O) groups is 1. The van der Waals surface area contributed by atoms with Crippen LogP contribution < -0.4 is 11.1 Å². The lowest BCUT2D eigenvalue weighted by Crippen LogP contribution is -2.49. The quantitative estimate of drug-likeness (QED) is 0.301. The van der Waals surface area contributed by atoms with Gasteiger partial charge in [0.05, 0.1) is 10.9 Å².